The van der Waals surface area contributed by atoms with Crippen molar-refractivity contribution in [1.29, 1.82) is 0 Å². The van der Waals surface area contributed by atoms with Crippen LogP contribution in [0.4, 0.5) is 11.4 Å². The number of benzene rings is 2. The van der Waals surface area contributed by atoms with Crippen LogP contribution in [0.5, 0.6) is 0 Å². The molecule has 2 aromatic rings. The van der Waals surface area contributed by atoms with E-state index in [-0.39, 0.29) is 24.2 Å². The molecule has 0 saturated heterocycles. The van der Waals surface area contributed by atoms with E-state index in [2.05, 4.69) is 0 Å². The number of rotatable bonds is 11. The first-order valence-electron chi connectivity index (χ1n) is 9.00. The van der Waals surface area contributed by atoms with Crippen molar-refractivity contribution in [2.45, 2.75) is 25.0 Å². The molecule has 0 fully saturated rings. The van der Waals surface area contributed by atoms with Gasteiger partial charge in [-0.3, -0.25) is 28.6 Å². The summed E-state index contributed by atoms with van der Waals surface area (Å²) in [5.74, 6) is 0. The molecule has 0 radical (unpaired) electrons. The molecule has 0 N–H and O–H groups in total. The lowest BCUT2D eigenvalue weighted by Gasteiger charge is -2.21. The van der Waals surface area contributed by atoms with Crippen LogP contribution < -0.4 is 0 Å². The van der Waals surface area contributed by atoms with E-state index in [1.54, 1.807) is 0 Å². The van der Waals surface area contributed by atoms with E-state index in [0.717, 1.165) is 12.5 Å². The second kappa shape index (κ2) is 10.1. The van der Waals surface area contributed by atoms with Crippen molar-refractivity contribution >= 4 is 31.6 Å². The van der Waals surface area contributed by atoms with Gasteiger partial charge in [0.05, 0.1) is 22.4 Å². The van der Waals surface area contributed by atoms with Gasteiger partial charge in [0.25, 0.3) is 31.6 Å². The van der Waals surface area contributed by atoms with Crippen LogP contribution in [0.25, 0.3) is 0 Å². The lowest BCUT2D eigenvalue weighted by atomic mass is 9.99. The molecule has 0 saturated carbocycles. The Morgan fingerprint density at radius 1 is 0.688 bits per heavy atom. The summed E-state index contributed by atoms with van der Waals surface area (Å²) >= 11 is 0. The summed E-state index contributed by atoms with van der Waals surface area (Å²) in [5.41, 5.74) is 0.248. The summed E-state index contributed by atoms with van der Waals surface area (Å²) in [7, 11) is -7.86. The van der Waals surface area contributed by atoms with Gasteiger partial charge in [-0.2, -0.15) is 16.8 Å². The number of hydrogen-bond donors (Lipinski definition) is 0. The van der Waals surface area contributed by atoms with Gasteiger partial charge in [0, 0.05) is 24.3 Å². The van der Waals surface area contributed by atoms with Crippen molar-refractivity contribution in [3.8, 4) is 0 Å². The summed E-state index contributed by atoms with van der Waals surface area (Å²) in [6.07, 6.45) is -0.549. The van der Waals surface area contributed by atoms with Gasteiger partial charge >= 0.3 is 0 Å². The standard InChI is InChI=1S/C18H20N2O10S2/c1-31(25,26)29-17(13-3-7-15(8-4-13)19(21)22)11-12-18(30-32(2,27)28)14-5-9-16(10-6-14)20(23)24/h3-10,17-18H,11-12H2,1-2H3/t17-,18+. The van der Waals surface area contributed by atoms with Crippen molar-refractivity contribution in [1.82, 2.24) is 0 Å². The molecule has 12 nitrogen and oxygen atoms in total. The largest absolute Gasteiger partial charge is 0.269 e. The molecule has 0 spiro atoms. The maximum absolute atomic E-state index is 11.7. The minimum Gasteiger partial charge on any atom is -0.262 e. The Balaban J connectivity index is 2.31. The first kappa shape index (κ1) is 25.3. The molecule has 0 bridgehead atoms. The summed E-state index contributed by atoms with van der Waals surface area (Å²) in [5, 5.41) is 21.7. The van der Waals surface area contributed by atoms with Crippen LogP contribution in [0.2, 0.25) is 0 Å². The Morgan fingerprint density at radius 2 is 0.969 bits per heavy atom. The fraction of sp³-hybridized carbons (Fsp3) is 0.333. The van der Waals surface area contributed by atoms with E-state index in [1.165, 1.54) is 48.5 Å². The van der Waals surface area contributed by atoms with E-state index in [9.17, 15) is 37.1 Å². The monoisotopic (exact) mass is 488 g/mol. The predicted molar refractivity (Wildman–Crippen MR) is 113 cm³/mol. The second-order valence-corrected chi connectivity index (χ2v) is 10.1. The lowest BCUT2D eigenvalue weighted by molar-refractivity contribution is -0.385. The molecule has 2 rings (SSSR count). The Bertz CT molecular complexity index is 1080. The Morgan fingerprint density at radius 3 is 1.19 bits per heavy atom. The van der Waals surface area contributed by atoms with Crippen LogP contribution in [-0.2, 0) is 28.6 Å². The highest BCUT2D eigenvalue weighted by Gasteiger charge is 2.24. The highest BCUT2D eigenvalue weighted by molar-refractivity contribution is 7.86. The number of nitro benzene ring substituents is 2. The molecule has 2 aromatic carbocycles. The minimum absolute atomic E-state index is 0.0396. The number of hydrogen-bond acceptors (Lipinski definition) is 10. The topological polar surface area (TPSA) is 173 Å². The third-order valence-electron chi connectivity index (χ3n) is 4.22. The van der Waals surface area contributed by atoms with Gasteiger partial charge in [-0.25, -0.2) is 0 Å². The van der Waals surface area contributed by atoms with E-state index >= 15 is 0 Å². The average molecular weight is 488 g/mol. The van der Waals surface area contributed by atoms with Crippen LogP contribution >= 0.6 is 0 Å². The zero-order valence-corrected chi connectivity index (χ0v) is 18.6. The SMILES string of the molecule is CS(=O)(=O)O[C@@H](CC[C@@H](OS(C)(=O)=O)c1ccc([N+](=O)[O-])cc1)c1ccc([N+](=O)[O-])cc1. The molecule has 2 atom stereocenters. The van der Waals surface area contributed by atoms with Gasteiger partial charge in [0.2, 0.25) is 0 Å². The molecule has 0 aliphatic carbocycles. The molecule has 14 heteroatoms. The van der Waals surface area contributed by atoms with Crippen molar-refractivity contribution in [3.63, 3.8) is 0 Å². The maximum atomic E-state index is 11.7. The van der Waals surface area contributed by atoms with Crippen molar-refractivity contribution in [2.24, 2.45) is 0 Å². The normalized spacial score (nSPS) is 13.9. The van der Waals surface area contributed by atoms with Gasteiger partial charge in [-0.1, -0.05) is 0 Å². The van der Waals surface area contributed by atoms with Crippen molar-refractivity contribution < 1.29 is 35.0 Å². The molecule has 0 aliphatic rings. The van der Waals surface area contributed by atoms with Gasteiger partial charge in [-0.05, 0) is 48.2 Å². The van der Waals surface area contributed by atoms with Crippen LogP contribution in [0.3, 0.4) is 0 Å². The van der Waals surface area contributed by atoms with Crippen LogP contribution in [0.1, 0.15) is 36.2 Å². The highest BCUT2D eigenvalue weighted by atomic mass is 32.2. The summed E-state index contributed by atoms with van der Waals surface area (Å²) in [6, 6.07) is 10.1. The van der Waals surface area contributed by atoms with E-state index in [4.69, 9.17) is 8.37 Å². The summed E-state index contributed by atoms with van der Waals surface area (Å²) in [6.45, 7) is 0. The molecule has 0 aliphatic heterocycles. The molecular weight excluding hydrogens is 468 g/mol. The van der Waals surface area contributed by atoms with Gasteiger partial charge in [0.1, 0.15) is 12.2 Å². The van der Waals surface area contributed by atoms with E-state index < -0.39 is 42.3 Å². The average Bonchev–Trinajstić information content (AvgIpc) is 2.68. The van der Waals surface area contributed by atoms with Crippen LogP contribution in [0.15, 0.2) is 48.5 Å². The molecule has 32 heavy (non-hydrogen) atoms. The van der Waals surface area contributed by atoms with Gasteiger partial charge in [0.15, 0.2) is 0 Å². The number of nitro groups is 2. The predicted octanol–water partition coefficient (Wildman–Crippen LogP) is 3.02. The van der Waals surface area contributed by atoms with Crippen LogP contribution in [-0.4, -0.2) is 39.2 Å². The first-order valence-corrected chi connectivity index (χ1v) is 12.6. The fourth-order valence-electron chi connectivity index (χ4n) is 2.89. The third kappa shape index (κ3) is 7.96. The van der Waals surface area contributed by atoms with E-state index in [0.29, 0.717) is 11.1 Å². The third-order valence-corrected chi connectivity index (χ3v) is 5.39. The Hall–Kier alpha value is -2.94. The highest BCUT2D eigenvalue weighted by Crippen LogP contribution is 2.33. The molecule has 0 amide bonds. The van der Waals surface area contributed by atoms with E-state index in [1.807, 2.05) is 0 Å². The maximum Gasteiger partial charge on any atom is 0.269 e. The number of nitrogens with zero attached hydrogens (tertiary/aromatic N) is 2. The molecule has 0 heterocycles. The molecule has 0 unspecified atom stereocenters. The summed E-state index contributed by atoms with van der Waals surface area (Å²) in [4.78, 5) is 20.5. The minimum atomic E-state index is -3.93. The smallest absolute Gasteiger partial charge is 0.262 e. The van der Waals surface area contributed by atoms with Crippen molar-refractivity contribution in [3.05, 3.63) is 79.9 Å². The zero-order chi connectivity index (χ0) is 24.1. The van der Waals surface area contributed by atoms with Crippen LogP contribution in [0, 0.1) is 20.2 Å². The molecule has 0 aromatic heterocycles. The summed E-state index contributed by atoms with van der Waals surface area (Å²) < 4.78 is 57.1. The van der Waals surface area contributed by atoms with Crippen molar-refractivity contribution in [2.75, 3.05) is 12.5 Å². The Kier molecular flexibility index (Phi) is 8.01. The first-order chi connectivity index (χ1) is 14.7. The number of non-ortho nitro benzene ring substituents is 2. The van der Waals surface area contributed by atoms with Gasteiger partial charge in [-0.15, -0.1) is 0 Å². The quantitative estimate of drug-likeness (QED) is 0.260. The molecule has 174 valence electrons. The second-order valence-electron chi connectivity index (χ2n) is 6.85. The van der Waals surface area contributed by atoms with Gasteiger partial charge < -0.3 is 0 Å². The molecular formula is C18H20N2O10S2. The fourth-order valence-corrected chi connectivity index (χ4v) is 4.15. The lowest BCUT2D eigenvalue weighted by Crippen LogP contribution is -2.15. The Labute approximate surface area is 184 Å². The zero-order valence-electron chi connectivity index (χ0n) is 17.0.